The van der Waals surface area contributed by atoms with E-state index in [1.165, 1.54) is 0 Å². The molecule has 0 aromatic rings. The predicted octanol–water partition coefficient (Wildman–Crippen LogP) is 2.75. The molecule has 11 heavy (non-hydrogen) atoms. The zero-order valence-electron chi connectivity index (χ0n) is 5.21. The standard InChI is InChI=1S/C5H5F6/c6-2-4(8)3(7)1-5(9,10)11/h2-4H,1H2. The quantitative estimate of drug-likeness (QED) is 0.584. The summed E-state index contributed by atoms with van der Waals surface area (Å²) in [5.74, 6) is 0. The molecule has 0 nitrogen and oxygen atoms in total. The molecule has 0 bridgehead atoms. The van der Waals surface area contributed by atoms with Gasteiger partial charge in [-0.1, -0.05) is 0 Å². The van der Waals surface area contributed by atoms with Gasteiger partial charge in [-0.05, 0) is 0 Å². The number of hydrogen-bond donors (Lipinski definition) is 0. The fourth-order valence-corrected chi connectivity index (χ4v) is 0.413. The molecule has 67 valence electrons. The smallest absolute Gasteiger partial charge is 0.244 e. The van der Waals surface area contributed by atoms with Gasteiger partial charge in [0, 0.05) is 0 Å². The third-order valence-corrected chi connectivity index (χ3v) is 0.892. The molecule has 0 spiro atoms. The highest BCUT2D eigenvalue weighted by molar-refractivity contribution is 4.76. The van der Waals surface area contributed by atoms with Crippen molar-refractivity contribution in [2.45, 2.75) is 24.9 Å². The van der Waals surface area contributed by atoms with Crippen molar-refractivity contribution in [1.29, 1.82) is 0 Å². The minimum absolute atomic E-state index is 0.740. The van der Waals surface area contributed by atoms with Crippen molar-refractivity contribution in [3.05, 3.63) is 6.67 Å². The van der Waals surface area contributed by atoms with E-state index in [9.17, 15) is 26.3 Å². The van der Waals surface area contributed by atoms with E-state index in [-0.39, 0.29) is 0 Å². The van der Waals surface area contributed by atoms with E-state index in [0.717, 1.165) is 0 Å². The lowest BCUT2D eigenvalue weighted by Crippen LogP contribution is -2.24. The molecule has 0 amide bonds. The van der Waals surface area contributed by atoms with Crippen molar-refractivity contribution >= 4 is 0 Å². The second-order valence-electron chi connectivity index (χ2n) is 1.91. The Morgan fingerprint density at radius 2 is 1.64 bits per heavy atom. The Hall–Kier alpha value is -0.420. The molecule has 2 unspecified atom stereocenters. The molecule has 0 aromatic heterocycles. The maximum atomic E-state index is 11.9. The average Bonchev–Trinajstić information content (AvgIpc) is 1.82. The van der Waals surface area contributed by atoms with Crippen LogP contribution in [-0.2, 0) is 0 Å². The van der Waals surface area contributed by atoms with Gasteiger partial charge in [-0.15, -0.1) is 0 Å². The van der Waals surface area contributed by atoms with Gasteiger partial charge in [0.05, 0.1) is 6.42 Å². The summed E-state index contributed by atoms with van der Waals surface area (Å²) >= 11 is 0. The summed E-state index contributed by atoms with van der Waals surface area (Å²) in [6.07, 6.45) is -12.4. The molecule has 0 saturated heterocycles. The first-order valence-electron chi connectivity index (χ1n) is 2.65. The van der Waals surface area contributed by atoms with Gasteiger partial charge in [-0.3, -0.25) is 0 Å². The fraction of sp³-hybridized carbons (Fsp3) is 0.800. The van der Waals surface area contributed by atoms with Crippen molar-refractivity contribution in [3.63, 3.8) is 0 Å². The minimum atomic E-state index is -4.80. The van der Waals surface area contributed by atoms with Crippen LogP contribution in [0.25, 0.3) is 0 Å². The maximum Gasteiger partial charge on any atom is 0.392 e. The zero-order chi connectivity index (χ0) is 9.07. The van der Waals surface area contributed by atoms with E-state index in [0.29, 0.717) is 0 Å². The third kappa shape index (κ3) is 4.92. The van der Waals surface area contributed by atoms with Crippen LogP contribution in [0.2, 0.25) is 0 Å². The summed E-state index contributed by atoms with van der Waals surface area (Å²) in [7, 11) is 0. The molecule has 0 saturated carbocycles. The van der Waals surface area contributed by atoms with Gasteiger partial charge < -0.3 is 0 Å². The van der Waals surface area contributed by atoms with Crippen LogP contribution in [0.5, 0.6) is 0 Å². The molecular weight excluding hydrogens is 174 g/mol. The summed E-state index contributed by atoms with van der Waals surface area (Å²) < 4.78 is 68.6. The maximum absolute atomic E-state index is 11.9. The number of hydrogen-bond acceptors (Lipinski definition) is 0. The first-order valence-corrected chi connectivity index (χ1v) is 2.65. The first kappa shape index (κ1) is 10.6. The lowest BCUT2D eigenvalue weighted by atomic mass is 10.2. The molecule has 0 aliphatic carbocycles. The molecule has 6 heteroatoms. The van der Waals surface area contributed by atoms with E-state index >= 15 is 0 Å². The van der Waals surface area contributed by atoms with Crippen LogP contribution in [0, 0.1) is 6.67 Å². The van der Waals surface area contributed by atoms with Crippen molar-refractivity contribution in [1.82, 2.24) is 0 Å². The largest absolute Gasteiger partial charge is 0.392 e. The number of rotatable bonds is 3. The Balaban J connectivity index is 3.77. The van der Waals surface area contributed by atoms with Gasteiger partial charge >= 0.3 is 6.18 Å². The molecule has 2 atom stereocenters. The Labute approximate surface area is 59.2 Å². The Morgan fingerprint density at radius 3 is 1.91 bits per heavy atom. The van der Waals surface area contributed by atoms with E-state index in [1.807, 2.05) is 0 Å². The van der Waals surface area contributed by atoms with Gasteiger partial charge in [0.1, 0.15) is 6.17 Å². The van der Waals surface area contributed by atoms with Crippen LogP contribution in [-0.4, -0.2) is 18.5 Å². The fourth-order valence-electron chi connectivity index (χ4n) is 0.413. The van der Waals surface area contributed by atoms with Crippen LogP contribution in [0.15, 0.2) is 0 Å². The minimum Gasteiger partial charge on any atom is -0.244 e. The SMILES string of the molecule is F[CH]C(F)C(F)CC(F)(F)F. The molecule has 0 fully saturated rings. The average molecular weight is 179 g/mol. The molecule has 0 aliphatic rings. The Bertz CT molecular complexity index is 108. The van der Waals surface area contributed by atoms with Gasteiger partial charge in [-0.25, -0.2) is 13.2 Å². The van der Waals surface area contributed by atoms with E-state index < -0.39 is 31.6 Å². The summed E-state index contributed by atoms with van der Waals surface area (Å²) in [5.41, 5.74) is 0. The van der Waals surface area contributed by atoms with Crippen molar-refractivity contribution in [3.8, 4) is 0 Å². The van der Waals surface area contributed by atoms with Crippen LogP contribution >= 0.6 is 0 Å². The van der Waals surface area contributed by atoms with E-state index in [4.69, 9.17) is 0 Å². The first-order chi connectivity index (χ1) is 4.87. The summed E-state index contributed by atoms with van der Waals surface area (Å²) in [6, 6.07) is 0. The summed E-state index contributed by atoms with van der Waals surface area (Å²) in [4.78, 5) is 0. The molecule has 1 radical (unpaired) electrons. The van der Waals surface area contributed by atoms with Crippen LogP contribution in [0.4, 0.5) is 26.3 Å². The van der Waals surface area contributed by atoms with Gasteiger partial charge in [0.2, 0.25) is 0 Å². The Morgan fingerprint density at radius 1 is 1.18 bits per heavy atom. The molecule has 0 aromatic carbocycles. The molecule has 0 N–H and O–H groups in total. The Kier molecular flexibility index (Phi) is 3.68. The second-order valence-corrected chi connectivity index (χ2v) is 1.91. The molecule has 0 aliphatic heterocycles. The molecule has 0 rings (SSSR count). The second kappa shape index (κ2) is 3.82. The van der Waals surface area contributed by atoms with Crippen LogP contribution in [0.3, 0.4) is 0 Å². The molecule has 0 heterocycles. The third-order valence-electron chi connectivity index (χ3n) is 0.892. The van der Waals surface area contributed by atoms with Gasteiger partial charge in [0.25, 0.3) is 0 Å². The van der Waals surface area contributed by atoms with E-state index in [2.05, 4.69) is 0 Å². The normalized spacial score (nSPS) is 18.0. The highest BCUT2D eigenvalue weighted by Crippen LogP contribution is 2.26. The zero-order valence-corrected chi connectivity index (χ0v) is 5.21. The van der Waals surface area contributed by atoms with Crippen LogP contribution in [0.1, 0.15) is 6.42 Å². The van der Waals surface area contributed by atoms with E-state index in [1.54, 1.807) is 0 Å². The van der Waals surface area contributed by atoms with Crippen LogP contribution < -0.4 is 0 Å². The summed E-state index contributed by atoms with van der Waals surface area (Å²) in [5, 5.41) is 0. The lowest BCUT2D eigenvalue weighted by Gasteiger charge is -2.11. The van der Waals surface area contributed by atoms with Gasteiger partial charge in [-0.2, -0.15) is 13.2 Å². The predicted molar refractivity (Wildman–Crippen MR) is 25.9 cm³/mol. The highest BCUT2D eigenvalue weighted by atomic mass is 19.4. The monoisotopic (exact) mass is 179 g/mol. The lowest BCUT2D eigenvalue weighted by molar-refractivity contribution is -0.150. The topological polar surface area (TPSA) is 0 Å². The summed E-state index contributed by atoms with van der Waals surface area (Å²) in [6.45, 7) is -0.740. The highest BCUT2D eigenvalue weighted by Gasteiger charge is 2.36. The van der Waals surface area contributed by atoms with Crippen molar-refractivity contribution < 1.29 is 26.3 Å². The van der Waals surface area contributed by atoms with Crippen molar-refractivity contribution in [2.24, 2.45) is 0 Å². The number of alkyl halides is 5. The van der Waals surface area contributed by atoms with Gasteiger partial charge in [0.15, 0.2) is 12.8 Å². The number of halogens is 6. The molecular formula is C5H5F6. The van der Waals surface area contributed by atoms with Crippen molar-refractivity contribution in [2.75, 3.05) is 0 Å².